The lowest BCUT2D eigenvalue weighted by molar-refractivity contribution is -0.117. The van der Waals surface area contributed by atoms with E-state index in [1.54, 1.807) is 11.3 Å². The van der Waals surface area contributed by atoms with Gasteiger partial charge in [-0.05, 0) is 35.6 Å². The van der Waals surface area contributed by atoms with Crippen LogP contribution in [0.5, 0.6) is 0 Å². The Bertz CT molecular complexity index is 590. The summed E-state index contributed by atoms with van der Waals surface area (Å²) in [4.78, 5) is 15.5. The summed E-state index contributed by atoms with van der Waals surface area (Å²) in [5.74, 6) is 0.00246. The van der Waals surface area contributed by atoms with E-state index < -0.39 is 0 Å². The molecule has 0 bridgehead atoms. The number of thiophene rings is 1. The number of nitrogens with one attached hydrogen (secondary N) is 1. The average molecular weight is 314 g/mol. The van der Waals surface area contributed by atoms with Gasteiger partial charge in [0.25, 0.3) is 0 Å². The van der Waals surface area contributed by atoms with Crippen LogP contribution in [0, 0.1) is 0 Å². The van der Waals surface area contributed by atoms with Crippen LogP contribution in [-0.4, -0.2) is 23.9 Å². The summed E-state index contributed by atoms with van der Waals surface area (Å²) in [7, 11) is 0. The second kappa shape index (κ2) is 8.51. The quantitative estimate of drug-likeness (QED) is 0.749. The van der Waals surface area contributed by atoms with Crippen LogP contribution in [0.2, 0.25) is 0 Å². The molecule has 0 aliphatic carbocycles. The van der Waals surface area contributed by atoms with Crippen molar-refractivity contribution in [3.8, 4) is 0 Å². The molecule has 0 aliphatic rings. The highest BCUT2D eigenvalue weighted by Crippen LogP contribution is 2.13. The van der Waals surface area contributed by atoms with E-state index in [9.17, 15) is 4.79 Å². The molecule has 0 fully saturated rings. The fourth-order valence-corrected chi connectivity index (χ4v) is 2.96. The Labute approximate surface area is 136 Å². The van der Waals surface area contributed by atoms with Crippen LogP contribution in [0.4, 0.5) is 5.69 Å². The lowest BCUT2D eigenvalue weighted by atomic mass is 10.1. The van der Waals surface area contributed by atoms with E-state index >= 15 is 0 Å². The number of hydrogen-bond donors (Lipinski definition) is 1. The zero-order valence-corrected chi connectivity index (χ0v) is 13.7. The molecule has 0 atom stereocenters. The van der Waals surface area contributed by atoms with Crippen molar-refractivity contribution in [3.63, 3.8) is 0 Å². The first kappa shape index (κ1) is 16.5. The van der Waals surface area contributed by atoms with Gasteiger partial charge in [-0.3, -0.25) is 9.69 Å². The van der Waals surface area contributed by atoms with Gasteiger partial charge in [0, 0.05) is 23.7 Å². The number of aryl methyl sites for hydroxylation is 1. The van der Waals surface area contributed by atoms with Gasteiger partial charge in [-0.2, -0.15) is 0 Å². The van der Waals surface area contributed by atoms with Crippen LogP contribution >= 0.6 is 11.3 Å². The largest absolute Gasteiger partial charge is 0.325 e. The van der Waals surface area contributed by atoms with Crippen molar-refractivity contribution in [2.75, 3.05) is 18.4 Å². The van der Waals surface area contributed by atoms with E-state index in [2.05, 4.69) is 35.2 Å². The zero-order chi connectivity index (χ0) is 15.8. The molecule has 1 amide bonds. The Hall–Kier alpha value is -1.91. The van der Waals surface area contributed by atoms with Gasteiger partial charge >= 0.3 is 0 Å². The van der Waals surface area contributed by atoms with Crippen LogP contribution in [0.15, 0.2) is 54.4 Å². The van der Waals surface area contributed by atoms with Crippen LogP contribution in [-0.2, 0) is 17.8 Å². The Balaban J connectivity index is 1.90. The number of nitrogens with zero attached hydrogens (tertiary/aromatic N) is 1. The molecular weight excluding hydrogens is 292 g/mol. The maximum atomic E-state index is 12.2. The lowest BCUT2D eigenvalue weighted by Gasteiger charge is -2.19. The minimum absolute atomic E-state index is 0.00246. The molecule has 1 N–H and O–H groups in total. The van der Waals surface area contributed by atoms with E-state index in [0.717, 1.165) is 18.7 Å². The molecule has 4 heteroatoms. The number of rotatable bonds is 8. The molecule has 0 aliphatic heterocycles. The average Bonchev–Trinajstić information content (AvgIpc) is 3.01. The monoisotopic (exact) mass is 314 g/mol. The zero-order valence-electron chi connectivity index (χ0n) is 12.9. The number of amides is 1. The van der Waals surface area contributed by atoms with E-state index in [-0.39, 0.29) is 5.91 Å². The standard InChI is InChI=1S/C18H22N2OS/c1-3-11-20(13-17-6-5-12-22-17)14-18(21)19-16-9-7-15(4-2)8-10-16/h3,5-10,12H,1,4,11,13-14H2,2H3,(H,19,21). The number of anilines is 1. The third kappa shape index (κ3) is 5.13. The van der Waals surface area contributed by atoms with Gasteiger partial charge in [-0.25, -0.2) is 0 Å². The fraction of sp³-hybridized carbons (Fsp3) is 0.278. The molecule has 1 heterocycles. The Morgan fingerprint density at radius 1 is 1.32 bits per heavy atom. The molecule has 0 radical (unpaired) electrons. The molecule has 1 aromatic carbocycles. The van der Waals surface area contributed by atoms with Gasteiger partial charge in [0.15, 0.2) is 0 Å². The second-order valence-electron chi connectivity index (χ2n) is 5.14. The van der Waals surface area contributed by atoms with Crippen LogP contribution in [0.25, 0.3) is 0 Å². The normalized spacial score (nSPS) is 10.6. The predicted octanol–water partition coefficient (Wildman–Crippen LogP) is 3.94. The van der Waals surface area contributed by atoms with Crippen molar-refractivity contribution in [2.24, 2.45) is 0 Å². The van der Waals surface area contributed by atoms with Crippen molar-refractivity contribution in [1.82, 2.24) is 4.90 Å². The van der Waals surface area contributed by atoms with E-state index in [1.807, 2.05) is 36.4 Å². The van der Waals surface area contributed by atoms with Crippen molar-refractivity contribution >= 4 is 22.9 Å². The lowest BCUT2D eigenvalue weighted by Crippen LogP contribution is -2.32. The highest BCUT2D eigenvalue weighted by molar-refractivity contribution is 7.09. The summed E-state index contributed by atoms with van der Waals surface area (Å²) in [6.07, 6.45) is 2.83. The molecular formula is C18H22N2OS. The first-order valence-electron chi connectivity index (χ1n) is 7.45. The molecule has 2 rings (SSSR count). The highest BCUT2D eigenvalue weighted by atomic mass is 32.1. The number of carbonyl (C=O) groups excluding carboxylic acids is 1. The second-order valence-corrected chi connectivity index (χ2v) is 6.17. The first-order chi connectivity index (χ1) is 10.7. The molecule has 116 valence electrons. The number of hydrogen-bond acceptors (Lipinski definition) is 3. The molecule has 3 nitrogen and oxygen atoms in total. The molecule has 0 saturated carbocycles. The molecule has 0 unspecified atom stereocenters. The molecule has 0 spiro atoms. The van der Waals surface area contributed by atoms with Crippen LogP contribution in [0.1, 0.15) is 17.4 Å². The van der Waals surface area contributed by atoms with E-state index in [4.69, 9.17) is 0 Å². The minimum Gasteiger partial charge on any atom is -0.325 e. The number of benzene rings is 1. The van der Waals surface area contributed by atoms with Crippen LogP contribution in [0.3, 0.4) is 0 Å². The molecule has 2 aromatic rings. The molecule has 22 heavy (non-hydrogen) atoms. The van der Waals surface area contributed by atoms with Gasteiger partial charge in [-0.1, -0.05) is 31.2 Å². The highest BCUT2D eigenvalue weighted by Gasteiger charge is 2.11. The van der Waals surface area contributed by atoms with E-state index in [0.29, 0.717) is 13.1 Å². The maximum Gasteiger partial charge on any atom is 0.238 e. The summed E-state index contributed by atoms with van der Waals surface area (Å²) in [5, 5.41) is 5.00. The molecule has 0 saturated heterocycles. The molecule has 1 aromatic heterocycles. The summed E-state index contributed by atoms with van der Waals surface area (Å²) >= 11 is 1.70. The van der Waals surface area contributed by atoms with Crippen molar-refractivity contribution < 1.29 is 4.79 Å². The van der Waals surface area contributed by atoms with Crippen molar-refractivity contribution in [3.05, 3.63) is 64.9 Å². The Kier molecular flexibility index (Phi) is 6.37. The first-order valence-corrected chi connectivity index (χ1v) is 8.33. The minimum atomic E-state index is 0.00246. The third-order valence-electron chi connectivity index (χ3n) is 3.36. The summed E-state index contributed by atoms with van der Waals surface area (Å²) in [6.45, 7) is 7.71. The Morgan fingerprint density at radius 3 is 2.68 bits per heavy atom. The van der Waals surface area contributed by atoms with Crippen LogP contribution < -0.4 is 5.32 Å². The van der Waals surface area contributed by atoms with Crippen molar-refractivity contribution in [1.29, 1.82) is 0 Å². The summed E-state index contributed by atoms with van der Waals surface area (Å²) in [5.41, 5.74) is 2.11. The van der Waals surface area contributed by atoms with Crippen molar-refractivity contribution in [2.45, 2.75) is 19.9 Å². The van der Waals surface area contributed by atoms with Gasteiger partial charge in [0.1, 0.15) is 0 Å². The summed E-state index contributed by atoms with van der Waals surface area (Å²) in [6, 6.07) is 12.1. The smallest absolute Gasteiger partial charge is 0.238 e. The van der Waals surface area contributed by atoms with E-state index in [1.165, 1.54) is 10.4 Å². The SMILES string of the molecule is C=CCN(CC(=O)Nc1ccc(CC)cc1)Cc1cccs1. The van der Waals surface area contributed by atoms with Gasteiger partial charge in [0.05, 0.1) is 6.54 Å². The Morgan fingerprint density at radius 2 is 2.09 bits per heavy atom. The predicted molar refractivity (Wildman–Crippen MR) is 94.2 cm³/mol. The maximum absolute atomic E-state index is 12.2. The van der Waals surface area contributed by atoms with Gasteiger partial charge < -0.3 is 5.32 Å². The summed E-state index contributed by atoms with van der Waals surface area (Å²) < 4.78 is 0. The van der Waals surface area contributed by atoms with Gasteiger partial charge in [0.2, 0.25) is 5.91 Å². The third-order valence-corrected chi connectivity index (χ3v) is 4.22. The topological polar surface area (TPSA) is 32.3 Å². The van der Waals surface area contributed by atoms with Gasteiger partial charge in [-0.15, -0.1) is 17.9 Å². The fourth-order valence-electron chi connectivity index (χ4n) is 2.22. The number of carbonyl (C=O) groups is 1.